The fraction of sp³-hybridized carbons (Fsp3) is 1.00. The summed E-state index contributed by atoms with van der Waals surface area (Å²) >= 11 is 0. The van der Waals surface area contributed by atoms with Gasteiger partial charge in [-0.3, -0.25) is 0 Å². The van der Waals surface area contributed by atoms with E-state index in [0.29, 0.717) is 12.2 Å². The van der Waals surface area contributed by atoms with Crippen LogP contribution >= 0.6 is 8.58 Å². The Kier molecular flexibility index (Phi) is 2.94. The fourth-order valence-electron chi connectivity index (χ4n) is 1.10. The van der Waals surface area contributed by atoms with E-state index in [1.165, 1.54) is 27.3 Å². The number of hydrogen-bond donors (Lipinski definition) is 0. The topological polar surface area (TPSA) is 12.5 Å². The summed E-state index contributed by atoms with van der Waals surface area (Å²) in [7, 11) is 1.20. The highest BCUT2D eigenvalue weighted by Crippen LogP contribution is 2.37. The molecule has 1 nitrogen and oxygen atoms in total. The van der Waals surface area contributed by atoms with Gasteiger partial charge in [-0.2, -0.15) is 0 Å². The molecule has 0 N–H and O–H groups in total. The first-order chi connectivity index (χ1) is 4.47. The summed E-state index contributed by atoms with van der Waals surface area (Å²) < 4.78 is 5.28. The molecule has 0 aromatic heterocycles. The van der Waals surface area contributed by atoms with Crippen molar-refractivity contribution in [2.24, 2.45) is 0 Å². The highest BCUT2D eigenvalue weighted by molar-refractivity contribution is 7.38. The molecule has 2 heteroatoms. The lowest BCUT2D eigenvalue weighted by Crippen LogP contribution is -2.03. The second-order valence-electron chi connectivity index (χ2n) is 2.21. The molecule has 0 saturated carbocycles. The van der Waals surface area contributed by atoms with Crippen LogP contribution in [0.1, 0.15) is 20.3 Å². The molecule has 2 aliphatic rings. The van der Waals surface area contributed by atoms with Crippen molar-refractivity contribution in [3.8, 4) is 0 Å². The van der Waals surface area contributed by atoms with E-state index in [4.69, 9.17) is 4.74 Å². The number of fused-ring (bicyclic) bond motifs is 1. The van der Waals surface area contributed by atoms with Gasteiger partial charge in [0.05, 0.1) is 12.2 Å². The maximum atomic E-state index is 5.28. The molecule has 0 spiro atoms. The zero-order valence-corrected chi connectivity index (χ0v) is 7.18. The quantitative estimate of drug-likeness (QED) is 0.375. The molecule has 3 unspecified atom stereocenters. The van der Waals surface area contributed by atoms with Gasteiger partial charge < -0.3 is 4.74 Å². The molecule has 2 aliphatic heterocycles. The Hall–Kier alpha value is 0.390. The Bertz CT molecular complexity index is 75.0. The first-order valence-electron chi connectivity index (χ1n) is 3.83. The minimum absolute atomic E-state index is 0.709. The van der Waals surface area contributed by atoms with Crippen LogP contribution in [0.15, 0.2) is 0 Å². The lowest BCUT2D eigenvalue weighted by molar-refractivity contribution is 0.380. The van der Waals surface area contributed by atoms with Crippen molar-refractivity contribution in [2.75, 3.05) is 12.3 Å². The third kappa shape index (κ3) is 1.91. The zero-order valence-electron chi connectivity index (χ0n) is 6.18. The normalized spacial score (nSPS) is 40.7. The maximum absolute atomic E-state index is 5.28. The van der Waals surface area contributed by atoms with Crippen LogP contribution in [0.3, 0.4) is 0 Å². The first kappa shape index (κ1) is 7.50. The minimum atomic E-state index is 0.709. The molecule has 54 valence electrons. The monoisotopic (exact) mass is 146 g/mol. The first-order valence-corrected chi connectivity index (χ1v) is 5.24. The Morgan fingerprint density at radius 1 is 1.33 bits per heavy atom. The Balaban J connectivity index is 0.000000186. The van der Waals surface area contributed by atoms with E-state index in [9.17, 15) is 0 Å². The van der Waals surface area contributed by atoms with Crippen molar-refractivity contribution >= 4 is 8.58 Å². The van der Waals surface area contributed by atoms with Crippen molar-refractivity contribution in [1.82, 2.24) is 0 Å². The predicted molar refractivity (Wildman–Crippen MR) is 42.7 cm³/mol. The average molecular weight is 146 g/mol. The van der Waals surface area contributed by atoms with Gasteiger partial charge in [0.15, 0.2) is 0 Å². The molecule has 2 heterocycles. The second-order valence-corrected chi connectivity index (χ2v) is 3.61. The average Bonchev–Trinajstić information content (AvgIpc) is 2.69. The molecular formula is C7H15OP. The summed E-state index contributed by atoms with van der Waals surface area (Å²) in [6.07, 6.45) is 5.57. The molecule has 0 radical (unpaired) electrons. The van der Waals surface area contributed by atoms with Crippen molar-refractivity contribution < 1.29 is 4.74 Å². The van der Waals surface area contributed by atoms with Gasteiger partial charge >= 0.3 is 0 Å². The van der Waals surface area contributed by atoms with E-state index in [-0.39, 0.29) is 0 Å². The Morgan fingerprint density at radius 3 is 2.56 bits per heavy atom. The standard InChI is InChI=1S/C5H9OP.C2H6/c1-2-7-3-5-4(1)6-5;1-2/h4-5,7H,1-3H2;1-2H3. The van der Waals surface area contributed by atoms with E-state index in [2.05, 4.69) is 0 Å². The molecule has 2 fully saturated rings. The molecule has 0 aromatic carbocycles. The van der Waals surface area contributed by atoms with Crippen LogP contribution in [0.2, 0.25) is 0 Å². The van der Waals surface area contributed by atoms with Crippen LogP contribution in [0.25, 0.3) is 0 Å². The van der Waals surface area contributed by atoms with Crippen LogP contribution in [0.5, 0.6) is 0 Å². The summed E-state index contributed by atoms with van der Waals surface area (Å²) in [5.74, 6) is 0. The minimum Gasteiger partial charge on any atom is -0.369 e. The molecule has 0 aromatic rings. The smallest absolute Gasteiger partial charge is 0.0878 e. The number of hydrogen-bond acceptors (Lipinski definition) is 1. The van der Waals surface area contributed by atoms with Gasteiger partial charge in [-0.1, -0.05) is 13.8 Å². The third-order valence-electron chi connectivity index (χ3n) is 1.64. The molecule has 3 atom stereocenters. The summed E-state index contributed by atoms with van der Waals surface area (Å²) in [5.41, 5.74) is 0. The summed E-state index contributed by atoms with van der Waals surface area (Å²) in [6, 6.07) is 0. The largest absolute Gasteiger partial charge is 0.369 e. The van der Waals surface area contributed by atoms with Crippen LogP contribution in [0.4, 0.5) is 0 Å². The predicted octanol–water partition coefficient (Wildman–Crippen LogP) is 1.86. The summed E-state index contributed by atoms with van der Waals surface area (Å²) in [4.78, 5) is 0. The summed E-state index contributed by atoms with van der Waals surface area (Å²) in [6.45, 7) is 4.00. The van der Waals surface area contributed by atoms with E-state index in [1.54, 1.807) is 0 Å². The van der Waals surface area contributed by atoms with Crippen molar-refractivity contribution in [3.63, 3.8) is 0 Å². The number of ether oxygens (including phenoxy) is 1. The Labute approximate surface area is 59.0 Å². The van der Waals surface area contributed by atoms with E-state index in [1.807, 2.05) is 13.8 Å². The molecule has 0 amide bonds. The lowest BCUT2D eigenvalue weighted by Gasteiger charge is -2.00. The lowest BCUT2D eigenvalue weighted by atomic mass is 10.3. The van der Waals surface area contributed by atoms with Gasteiger partial charge in [-0.15, -0.1) is 8.58 Å². The molecule has 2 rings (SSSR count). The highest BCUT2D eigenvalue weighted by Gasteiger charge is 2.39. The SMILES string of the molecule is C1CC2OC2CP1.CC. The van der Waals surface area contributed by atoms with Crippen LogP contribution in [-0.2, 0) is 4.74 Å². The van der Waals surface area contributed by atoms with Crippen molar-refractivity contribution in [3.05, 3.63) is 0 Å². The molecule has 2 saturated heterocycles. The van der Waals surface area contributed by atoms with Crippen molar-refractivity contribution in [1.29, 1.82) is 0 Å². The fourth-order valence-corrected chi connectivity index (χ4v) is 2.44. The molecule has 9 heavy (non-hydrogen) atoms. The molecule has 0 aliphatic carbocycles. The molecular weight excluding hydrogens is 131 g/mol. The third-order valence-corrected chi connectivity index (χ3v) is 2.97. The van der Waals surface area contributed by atoms with Crippen LogP contribution in [-0.4, -0.2) is 24.5 Å². The van der Waals surface area contributed by atoms with Gasteiger partial charge in [0.2, 0.25) is 0 Å². The molecule has 0 bridgehead atoms. The van der Waals surface area contributed by atoms with Gasteiger partial charge in [0.25, 0.3) is 0 Å². The number of rotatable bonds is 0. The van der Waals surface area contributed by atoms with Crippen LogP contribution in [0, 0.1) is 0 Å². The van der Waals surface area contributed by atoms with Gasteiger partial charge in [0, 0.05) is 0 Å². The highest BCUT2D eigenvalue weighted by atomic mass is 31.1. The number of epoxide rings is 1. The summed E-state index contributed by atoms with van der Waals surface area (Å²) in [5, 5.41) is 0. The van der Waals surface area contributed by atoms with Gasteiger partial charge in [-0.05, 0) is 18.7 Å². The van der Waals surface area contributed by atoms with E-state index >= 15 is 0 Å². The maximum Gasteiger partial charge on any atom is 0.0878 e. The van der Waals surface area contributed by atoms with Gasteiger partial charge in [0.1, 0.15) is 0 Å². The van der Waals surface area contributed by atoms with Crippen LogP contribution < -0.4 is 0 Å². The second kappa shape index (κ2) is 3.53. The van der Waals surface area contributed by atoms with Crippen molar-refractivity contribution in [2.45, 2.75) is 32.5 Å². The van der Waals surface area contributed by atoms with Gasteiger partial charge in [-0.25, -0.2) is 0 Å². The zero-order chi connectivity index (χ0) is 6.69. The Morgan fingerprint density at radius 2 is 2.11 bits per heavy atom. The van der Waals surface area contributed by atoms with E-state index in [0.717, 1.165) is 0 Å². The van der Waals surface area contributed by atoms with E-state index < -0.39 is 0 Å².